The molecule has 6 rings (SSSR count). The number of aryl methyl sites for hydroxylation is 1. The molecule has 3 aliphatic rings. The fourth-order valence-corrected chi connectivity index (χ4v) is 5.27. The molecule has 33 heavy (non-hydrogen) atoms. The topological polar surface area (TPSA) is 69.5 Å². The summed E-state index contributed by atoms with van der Waals surface area (Å²) in [7, 11) is 0. The maximum Gasteiger partial charge on any atom is 0.261 e. The Kier molecular flexibility index (Phi) is 5.31. The number of hydrogen-bond acceptors (Lipinski definition) is 6. The third kappa shape index (κ3) is 3.70. The molecule has 0 saturated carbocycles. The lowest BCUT2D eigenvalue weighted by Gasteiger charge is -2.36. The van der Waals surface area contributed by atoms with Crippen LogP contribution in [0.1, 0.15) is 18.7 Å². The van der Waals surface area contributed by atoms with Gasteiger partial charge in [0.25, 0.3) is 5.56 Å². The summed E-state index contributed by atoms with van der Waals surface area (Å²) in [6, 6.07) is 6.31. The van der Waals surface area contributed by atoms with Gasteiger partial charge in [0.05, 0.1) is 24.7 Å². The lowest BCUT2D eigenvalue weighted by molar-refractivity contribution is -0.00144. The minimum Gasteiger partial charge on any atom is -0.381 e. The van der Waals surface area contributed by atoms with Crippen molar-refractivity contribution in [1.82, 2.24) is 14.5 Å². The van der Waals surface area contributed by atoms with Crippen molar-refractivity contribution >= 4 is 28.3 Å². The average Bonchev–Trinajstić information content (AvgIpc) is 3.52. The van der Waals surface area contributed by atoms with Crippen LogP contribution in [0.15, 0.2) is 29.1 Å². The van der Waals surface area contributed by atoms with Gasteiger partial charge in [0.2, 0.25) is 0 Å². The Hall–Kier alpha value is -2.55. The number of benzene rings is 1. The lowest BCUT2D eigenvalue weighted by atomic mass is 10.00. The number of fused-ring (bicyclic) bond motifs is 2. The predicted molar refractivity (Wildman–Crippen MR) is 123 cm³/mol. The number of anilines is 1. The first-order valence-corrected chi connectivity index (χ1v) is 11.8. The Morgan fingerprint density at radius 3 is 2.88 bits per heavy atom. The van der Waals surface area contributed by atoms with Crippen molar-refractivity contribution in [2.24, 2.45) is 5.92 Å². The Labute approximate surface area is 195 Å². The van der Waals surface area contributed by atoms with Crippen LogP contribution in [0.25, 0.3) is 22.2 Å². The number of morpholine rings is 1. The van der Waals surface area contributed by atoms with Crippen LogP contribution in [0.5, 0.6) is 0 Å². The normalized spacial score (nSPS) is 22.8. The van der Waals surface area contributed by atoms with Crippen molar-refractivity contribution in [3.63, 3.8) is 0 Å². The summed E-state index contributed by atoms with van der Waals surface area (Å²) in [4.78, 5) is 25.1. The van der Waals surface area contributed by atoms with E-state index in [1.807, 2.05) is 0 Å². The summed E-state index contributed by atoms with van der Waals surface area (Å²) in [5.74, 6) is 1.22. The van der Waals surface area contributed by atoms with Gasteiger partial charge in [-0.15, -0.1) is 0 Å². The molecule has 0 radical (unpaired) electrons. The van der Waals surface area contributed by atoms with Crippen LogP contribution in [0.3, 0.4) is 0 Å². The molecule has 0 amide bonds. The third-order valence-corrected chi connectivity index (χ3v) is 7.12. The van der Waals surface area contributed by atoms with E-state index in [0.29, 0.717) is 66.2 Å². The first kappa shape index (κ1) is 21.0. The van der Waals surface area contributed by atoms with E-state index in [1.54, 1.807) is 22.8 Å². The molecule has 172 valence electrons. The average molecular weight is 471 g/mol. The summed E-state index contributed by atoms with van der Waals surface area (Å²) >= 11 is 5.99. The highest BCUT2D eigenvalue weighted by Crippen LogP contribution is 2.33. The number of nitrogens with zero attached hydrogens (tertiary/aromatic N) is 4. The summed E-state index contributed by atoms with van der Waals surface area (Å²) in [5.41, 5.74) is 0.999. The van der Waals surface area contributed by atoms with Gasteiger partial charge < -0.3 is 14.4 Å². The van der Waals surface area contributed by atoms with Gasteiger partial charge in [0.1, 0.15) is 28.7 Å². The largest absolute Gasteiger partial charge is 0.381 e. The highest BCUT2D eigenvalue weighted by atomic mass is 35.5. The SMILES string of the molecule is O=c1c2cc(N3CCOC(C4CCOC4)C3)nc(-c3ccc(Cl)cc3F)c2nc2n1CCC2. The van der Waals surface area contributed by atoms with E-state index in [4.69, 9.17) is 31.0 Å². The van der Waals surface area contributed by atoms with Crippen LogP contribution < -0.4 is 10.5 Å². The molecule has 9 heteroatoms. The van der Waals surface area contributed by atoms with Crippen molar-refractivity contribution < 1.29 is 13.9 Å². The van der Waals surface area contributed by atoms with Crippen molar-refractivity contribution in [3.05, 3.63) is 51.3 Å². The minimum atomic E-state index is -0.487. The second-order valence-electron chi connectivity index (χ2n) is 8.92. The molecule has 3 aromatic rings. The predicted octanol–water partition coefficient (Wildman–Crippen LogP) is 3.44. The summed E-state index contributed by atoms with van der Waals surface area (Å²) in [6.45, 7) is 3.96. The molecule has 0 spiro atoms. The fraction of sp³-hybridized carbons (Fsp3) is 0.458. The zero-order valence-corrected chi connectivity index (χ0v) is 18.9. The highest BCUT2D eigenvalue weighted by molar-refractivity contribution is 6.30. The Morgan fingerprint density at radius 2 is 2.06 bits per heavy atom. The van der Waals surface area contributed by atoms with E-state index in [9.17, 15) is 9.18 Å². The number of hydrogen-bond donors (Lipinski definition) is 0. The fourth-order valence-electron chi connectivity index (χ4n) is 5.12. The van der Waals surface area contributed by atoms with Crippen molar-refractivity contribution in [3.8, 4) is 11.3 Å². The third-order valence-electron chi connectivity index (χ3n) is 6.88. The zero-order chi connectivity index (χ0) is 22.5. The van der Waals surface area contributed by atoms with Crippen LogP contribution in [0.4, 0.5) is 10.2 Å². The molecule has 0 aliphatic carbocycles. The molecule has 5 heterocycles. The second-order valence-corrected chi connectivity index (χ2v) is 9.35. The van der Waals surface area contributed by atoms with E-state index in [2.05, 4.69) is 4.90 Å². The number of pyridine rings is 1. The molecule has 2 saturated heterocycles. The van der Waals surface area contributed by atoms with E-state index in [-0.39, 0.29) is 17.2 Å². The van der Waals surface area contributed by atoms with Crippen LogP contribution in [-0.2, 0) is 22.4 Å². The van der Waals surface area contributed by atoms with Gasteiger partial charge in [-0.05, 0) is 37.1 Å². The van der Waals surface area contributed by atoms with Crippen molar-refractivity contribution in [1.29, 1.82) is 0 Å². The second kappa shape index (κ2) is 8.34. The molecular formula is C24H24ClFN4O3. The molecular weight excluding hydrogens is 447 g/mol. The molecule has 2 fully saturated rings. The monoisotopic (exact) mass is 470 g/mol. The van der Waals surface area contributed by atoms with E-state index >= 15 is 0 Å². The summed E-state index contributed by atoms with van der Waals surface area (Å²) < 4.78 is 28.3. The molecule has 3 aliphatic heterocycles. The van der Waals surface area contributed by atoms with Gasteiger partial charge in [0, 0.05) is 49.2 Å². The first-order chi connectivity index (χ1) is 16.1. The van der Waals surface area contributed by atoms with E-state index in [1.165, 1.54) is 6.07 Å². The molecule has 1 aromatic carbocycles. The smallest absolute Gasteiger partial charge is 0.261 e. The van der Waals surface area contributed by atoms with E-state index < -0.39 is 5.82 Å². The van der Waals surface area contributed by atoms with Gasteiger partial charge >= 0.3 is 0 Å². The Bertz CT molecular complexity index is 1290. The number of ether oxygens (including phenoxy) is 2. The van der Waals surface area contributed by atoms with Gasteiger partial charge in [-0.3, -0.25) is 9.36 Å². The summed E-state index contributed by atoms with van der Waals surface area (Å²) in [6.07, 6.45) is 2.61. The molecule has 2 aromatic heterocycles. The standard InChI is InChI=1S/C24H24ClFN4O3/c25-15-3-4-16(18(26)10-15)22-23-17(24(31)30-6-1-2-20(30)27-23)11-21(28-22)29-7-9-33-19(12-29)14-5-8-32-13-14/h3-4,10-11,14,19H,1-2,5-9,12-13H2. The van der Waals surface area contributed by atoms with Gasteiger partial charge in [0.15, 0.2) is 0 Å². The van der Waals surface area contributed by atoms with E-state index in [0.717, 1.165) is 31.7 Å². The van der Waals surface area contributed by atoms with Gasteiger partial charge in [-0.1, -0.05) is 11.6 Å². The highest BCUT2D eigenvalue weighted by Gasteiger charge is 2.32. The maximum atomic E-state index is 15.0. The Balaban J connectivity index is 1.51. The molecule has 0 bridgehead atoms. The molecule has 7 nitrogen and oxygen atoms in total. The van der Waals surface area contributed by atoms with Crippen molar-refractivity contribution in [2.75, 3.05) is 37.8 Å². The molecule has 0 N–H and O–H groups in total. The summed E-state index contributed by atoms with van der Waals surface area (Å²) in [5, 5.41) is 0.766. The Morgan fingerprint density at radius 1 is 1.15 bits per heavy atom. The quantitative estimate of drug-likeness (QED) is 0.584. The minimum absolute atomic E-state index is 0.0358. The van der Waals surface area contributed by atoms with Crippen molar-refractivity contribution in [2.45, 2.75) is 31.9 Å². The first-order valence-electron chi connectivity index (χ1n) is 11.4. The molecule has 2 unspecified atom stereocenters. The zero-order valence-electron chi connectivity index (χ0n) is 18.1. The van der Waals surface area contributed by atoms with Crippen LogP contribution in [-0.4, -0.2) is 53.5 Å². The van der Waals surface area contributed by atoms with Crippen LogP contribution in [0, 0.1) is 11.7 Å². The van der Waals surface area contributed by atoms with Gasteiger partial charge in [-0.2, -0.15) is 0 Å². The van der Waals surface area contributed by atoms with Crippen LogP contribution >= 0.6 is 11.6 Å². The number of aromatic nitrogens is 3. The maximum absolute atomic E-state index is 15.0. The number of rotatable bonds is 3. The molecule has 2 atom stereocenters. The lowest BCUT2D eigenvalue weighted by Crippen LogP contribution is -2.46. The van der Waals surface area contributed by atoms with Crippen LogP contribution in [0.2, 0.25) is 5.02 Å². The van der Waals surface area contributed by atoms with Gasteiger partial charge in [-0.25, -0.2) is 14.4 Å². The number of halogens is 2.